The van der Waals surface area contributed by atoms with E-state index in [4.69, 9.17) is 10.00 Å². The average Bonchev–Trinajstić information content (AvgIpc) is 3.18. The molecule has 1 N–H and O–H groups in total. The van der Waals surface area contributed by atoms with Crippen molar-refractivity contribution in [2.75, 3.05) is 6.54 Å². The quantitative estimate of drug-likeness (QED) is 0.644. The topological polar surface area (TPSA) is 62.9 Å². The molecule has 126 valence electrons. The van der Waals surface area contributed by atoms with Crippen molar-refractivity contribution in [2.45, 2.75) is 19.7 Å². The van der Waals surface area contributed by atoms with Crippen LogP contribution in [0.3, 0.4) is 0 Å². The Kier molecular flexibility index (Phi) is 5.81. The second-order valence-corrected chi connectivity index (χ2v) is 5.73. The Morgan fingerprint density at radius 1 is 1.12 bits per heavy atom. The van der Waals surface area contributed by atoms with Gasteiger partial charge in [0.05, 0.1) is 18.0 Å². The molecule has 5 heteroatoms. The van der Waals surface area contributed by atoms with Crippen LogP contribution in [0.2, 0.25) is 0 Å². The van der Waals surface area contributed by atoms with Crippen molar-refractivity contribution >= 4 is 0 Å². The fourth-order valence-electron chi connectivity index (χ4n) is 2.50. The second kappa shape index (κ2) is 8.67. The summed E-state index contributed by atoms with van der Waals surface area (Å²) in [5.74, 6) is 0.830. The molecule has 0 aliphatic rings. The summed E-state index contributed by atoms with van der Waals surface area (Å²) in [6.45, 7) is 3.01. The molecule has 0 atom stereocenters. The van der Waals surface area contributed by atoms with Crippen LogP contribution in [-0.2, 0) is 19.7 Å². The van der Waals surface area contributed by atoms with E-state index < -0.39 is 0 Å². The second-order valence-electron chi connectivity index (χ2n) is 5.73. The van der Waals surface area contributed by atoms with Crippen LogP contribution in [0, 0.1) is 11.3 Å². The lowest BCUT2D eigenvalue weighted by Crippen LogP contribution is -2.18. The van der Waals surface area contributed by atoms with Crippen LogP contribution in [0.25, 0.3) is 0 Å². The first-order valence-corrected chi connectivity index (χ1v) is 8.21. The lowest BCUT2D eigenvalue weighted by Gasteiger charge is -2.09. The largest absolute Gasteiger partial charge is 0.489 e. The minimum Gasteiger partial charge on any atom is -0.489 e. The monoisotopic (exact) mass is 332 g/mol. The number of hydrogen-bond donors (Lipinski definition) is 1. The van der Waals surface area contributed by atoms with Gasteiger partial charge >= 0.3 is 0 Å². The molecule has 0 unspecified atom stereocenters. The van der Waals surface area contributed by atoms with E-state index in [1.165, 1.54) is 5.56 Å². The Hall–Kier alpha value is -3.10. The predicted octanol–water partition coefficient (Wildman–Crippen LogP) is 3.12. The Labute approximate surface area is 147 Å². The van der Waals surface area contributed by atoms with E-state index in [2.05, 4.69) is 22.4 Å². The number of rotatable bonds is 8. The van der Waals surface area contributed by atoms with Crippen molar-refractivity contribution in [1.29, 1.82) is 5.26 Å². The fourth-order valence-corrected chi connectivity index (χ4v) is 2.50. The van der Waals surface area contributed by atoms with Crippen LogP contribution < -0.4 is 10.1 Å². The van der Waals surface area contributed by atoms with Gasteiger partial charge in [0, 0.05) is 32.0 Å². The fraction of sp³-hybridized carbons (Fsp3) is 0.200. The van der Waals surface area contributed by atoms with Crippen LogP contribution >= 0.6 is 0 Å². The van der Waals surface area contributed by atoms with E-state index in [0.717, 1.165) is 30.9 Å². The smallest absolute Gasteiger partial charge is 0.120 e. The zero-order valence-electron chi connectivity index (χ0n) is 13.9. The van der Waals surface area contributed by atoms with Gasteiger partial charge in [-0.05, 0) is 35.4 Å². The molecule has 5 nitrogen and oxygen atoms in total. The molecule has 25 heavy (non-hydrogen) atoms. The van der Waals surface area contributed by atoms with Crippen molar-refractivity contribution in [1.82, 2.24) is 14.9 Å². The van der Waals surface area contributed by atoms with E-state index >= 15 is 0 Å². The first kappa shape index (κ1) is 16.7. The van der Waals surface area contributed by atoms with Gasteiger partial charge in [-0.1, -0.05) is 24.3 Å². The van der Waals surface area contributed by atoms with Crippen molar-refractivity contribution in [3.05, 3.63) is 83.9 Å². The number of imidazole rings is 1. The number of hydrogen-bond acceptors (Lipinski definition) is 4. The van der Waals surface area contributed by atoms with Crippen LogP contribution in [0.15, 0.2) is 67.3 Å². The third-order valence-electron chi connectivity index (χ3n) is 3.80. The predicted molar refractivity (Wildman–Crippen MR) is 95.9 cm³/mol. The van der Waals surface area contributed by atoms with Gasteiger partial charge < -0.3 is 14.6 Å². The average molecular weight is 332 g/mol. The number of aromatic nitrogens is 2. The highest BCUT2D eigenvalue weighted by atomic mass is 16.5. The molecule has 0 radical (unpaired) electrons. The van der Waals surface area contributed by atoms with Crippen molar-refractivity contribution in [3.63, 3.8) is 0 Å². The van der Waals surface area contributed by atoms with Crippen LogP contribution in [-0.4, -0.2) is 16.1 Å². The lowest BCUT2D eigenvalue weighted by atomic mass is 10.1. The zero-order valence-corrected chi connectivity index (χ0v) is 13.9. The molecule has 3 rings (SSSR count). The van der Waals surface area contributed by atoms with Crippen molar-refractivity contribution in [2.24, 2.45) is 0 Å². The molecule has 1 heterocycles. The molecule has 0 bridgehead atoms. The third kappa shape index (κ3) is 5.20. The summed E-state index contributed by atoms with van der Waals surface area (Å²) in [6, 6.07) is 17.7. The molecule has 0 aliphatic heterocycles. The van der Waals surface area contributed by atoms with E-state index in [1.54, 1.807) is 12.3 Å². The summed E-state index contributed by atoms with van der Waals surface area (Å²) in [5.41, 5.74) is 2.81. The molecule has 0 aliphatic carbocycles. The first-order valence-electron chi connectivity index (χ1n) is 8.21. The summed E-state index contributed by atoms with van der Waals surface area (Å²) < 4.78 is 7.89. The Morgan fingerprint density at radius 2 is 2.00 bits per heavy atom. The van der Waals surface area contributed by atoms with E-state index in [1.807, 2.05) is 53.5 Å². The summed E-state index contributed by atoms with van der Waals surface area (Å²) in [5, 5.41) is 12.4. The molecule has 0 saturated carbocycles. The van der Waals surface area contributed by atoms with Gasteiger partial charge in [-0.25, -0.2) is 4.98 Å². The van der Waals surface area contributed by atoms with Gasteiger partial charge in [-0.15, -0.1) is 0 Å². The molecule has 0 fully saturated rings. The summed E-state index contributed by atoms with van der Waals surface area (Å²) in [4.78, 5) is 4.03. The normalized spacial score (nSPS) is 10.4. The van der Waals surface area contributed by atoms with E-state index in [9.17, 15) is 0 Å². The van der Waals surface area contributed by atoms with Crippen molar-refractivity contribution in [3.8, 4) is 11.8 Å². The molecule has 2 aromatic carbocycles. The molecular weight excluding hydrogens is 312 g/mol. The molecular formula is C20H20N4O. The zero-order chi connectivity index (χ0) is 17.3. The van der Waals surface area contributed by atoms with E-state index in [0.29, 0.717) is 12.2 Å². The number of nitrogens with zero attached hydrogens (tertiary/aromatic N) is 3. The maximum absolute atomic E-state index is 8.94. The molecule has 3 aromatic rings. The van der Waals surface area contributed by atoms with Crippen LogP contribution in [0.5, 0.6) is 5.75 Å². The maximum Gasteiger partial charge on any atom is 0.120 e. The van der Waals surface area contributed by atoms with Gasteiger partial charge in [0.15, 0.2) is 0 Å². The number of ether oxygens (including phenoxy) is 1. The Balaban J connectivity index is 1.48. The number of nitrogens with one attached hydrogen (secondary N) is 1. The maximum atomic E-state index is 8.94. The number of benzene rings is 2. The SMILES string of the molecule is N#Cc1cccc(COc2cccc(CNCCn3ccnc3)c2)c1. The van der Waals surface area contributed by atoms with Gasteiger partial charge in [0.2, 0.25) is 0 Å². The minimum absolute atomic E-state index is 0.451. The van der Waals surface area contributed by atoms with Gasteiger partial charge in [-0.2, -0.15) is 5.26 Å². The highest BCUT2D eigenvalue weighted by Crippen LogP contribution is 2.15. The molecule has 1 aromatic heterocycles. The summed E-state index contributed by atoms with van der Waals surface area (Å²) >= 11 is 0. The first-order chi connectivity index (χ1) is 12.3. The molecule has 0 saturated heterocycles. The summed E-state index contributed by atoms with van der Waals surface area (Å²) in [7, 11) is 0. The standard InChI is InChI=1S/C20H20N4O/c21-13-17-3-1-5-19(11-17)15-25-20-6-2-4-18(12-20)14-22-7-9-24-10-8-23-16-24/h1-6,8,10-12,16,22H,7,9,14-15H2. The molecule has 0 spiro atoms. The lowest BCUT2D eigenvalue weighted by molar-refractivity contribution is 0.306. The number of nitriles is 1. The third-order valence-corrected chi connectivity index (χ3v) is 3.80. The van der Waals surface area contributed by atoms with E-state index in [-0.39, 0.29) is 0 Å². The van der Waals surface area contributed by atoms with Gasteiger partial charge in [-0.3, -0.25) is 0 Å². The minimum atomic E-state index is 0.451. The van der Waals surface area contributed by atoms with Crippen LogP contribution in [0.1, 0.15) is 16.7 Å². The van der Waals surface area contributed by atoms with Crippen LogP contribution in [0.4, 0.5) is 0 Å². The highest BCUT2D eigenvalue weighted by molar-refractivity contribution is 5.33. The van der Waals surface area contributed by atoms with Gasteiger partial charge in [0.25, 0.3) is 0 Å². The van der Waals surface area contributed by atoms with Gasteiger partial charge in [0.1, 0.15) is 12.4 Å². The Morgan fingerprint density at radius 3 is 2.84 bits per heavy atom. The summed E-state index contributed by atoms with van der Waals surface area (Å²) in [6.07, 6.45) is 5.56. The highest BCUT2D eigenvalue weighted by Gasteiger charge is 2.00. The molecule has 0 amide bonds. The Bertz CT molecular complexity index is 837. The van der Waals surface area contributed by atoms with Crippen molar-refractivity contribution < 1.29 is 4.74 Å².